The highest BCUT2D eigenvalue weighted by molar-refractivity contribution is 6.34. The van der Waals surface area contributed by atoms with E-state index in [4.69, 9.17) is 26.2 Å². The average molecular weight is 543 g/mol. The number of hydrogen-bond donors (Lipinski definition) is 3. The number of carbonyl (C=O) groups excluding carboxylic acids is 2. The van der Waals surface area contributed by atoms with Gasteiger partial charge in [-0.1, -0.05) is 36.6 Å². The summed E-state index contributed by atoms with van der Waals surface area (Å²) in [5.74, 6) is -0.561. The van der Waals surface area contributed by atoms with E-state index in [9.17, 15) is 14.4 Å². The highest BCUT2D eigenvalue weighted by Gasteiger charge is 2.21. The summed E-state index contributed by atoms with van der Waals surface area (Å²) >= 11 is 6.55. The topological polar surface area (TPSA) is 118 Å². The Morgan fingerprint density at radius 1 is 1.00 bits per heavy atom. The molecule has 0 fully saturated rings. The number of nitrogens with one attached hydrogen (secondary N) is 2. The van der Waals surface area contributed by atoms with E-state index in [1.807, 2.05) is 51.1 Å². The lowest BCUT2D eigenvalue weighted by Crippen LogP contribution is -2.27. The van der Waals surface area contributed by atoms with Gasteiger partial charge in [-0.05, 0) is 63.4 Å². The number of aromatic amines is 1. The van der Waals surface area contributed by atoms with E-state index in [0.717, 1.165) is 41.3 Å². The van der Waals surface area contributed by atoms with E-state index in [1.165, 1.54) is 0 Å². The highest BCUT2D eigenvalue weighted by Crippen LogP contribution is 2.34. The van der Waals surface area contributed by atoms with Gasteiger partial charge in [-0.25, -0.2) is 4.79 Å². The standard InChI is InChI=1S/C29H35ClN2O6/c1-29(2,3)38-28(36)23-18-32-25-17-24(30)21(16-22(23)25)19-10-12-20(13-11-19)37-15-14-31-26(33)8-6-4-5-7-9-27(34)35/h10-13,16-18,32H,4-9,14-15H2,1-3H3,(H,31,33)(H,34,35). The van der Waals surface area contributed by atoms with E-state index < -0.39 is 17.5 Å². The third-order valence-electron chi connectivity index (χ3n) is 5.79. The van der Waals surface area contributed by atoms with Crippen LogP contribution in [-0.4, -0.2) is 46.7 Å². The molecule has 3 aromatic rings. The van der Waals surface area contributed by atoms with Crippen molar-refractivity contribution in [2.45, 2.75) is 64.9 Å². The van der Waals surface area contributed by atoms with Crippen LogP contribution in [0, 0.1) is 0 Å². The normalized spacial score (nSPS) is 11.4. The maximum Gasteiger partial charge on any atom is 0.340 e. The molecule has 0 aliphatic rings. The van der Waals surface area contributed by atoms with E-state index >= 15 is 0 Å². The van der Waals surface area contributed by atoms with Crippen LogP contribution in [0.4, 0.5) is 0 Å². The number of ether oxygens (including phenoxy) is 2. The molecule has 0 radical (unpaired) electrons. The predicted molar refractivity (Wildman–Crippen MR) is 148 cm³/mol. The summed E-state index contributed by atoms with van der Waals surface area (Å²) in [6.07, 6.45) is 5.27. The summed E-state index contributed by atoms with van der Waals surface area (Å²) in [4.78, 5) is 38.2. The molecule has 38 heavy (non-hydrogen) atoms. The maximum absolute atomic E-state index is 12.7. The largest absolute Gasteiger partial charge is 0.492 e. The van der Waals surface area contributed by atoms with Crippen molar-refractivity contribution in [2.24, 2.45) is 0 Å². The number of H-pyrrole nitrogens is 1. The molecule has 1 heterocycles. The molecule has 9 heteroatoms. The summed E-state index contributed by atoms with van der Waals surface area (Å²) in [6.45, 7) is 6.21. The van der Waals surface area contributed by atoms with E-state index in [0.29, 0.717) is 42.3 Å². The molecular formula is C29H35ClN2O6. The van der Waals surface area contributed by atoms with Crippen molar-refractivity contribution >= 4 is 40.3 Å². The summed E-state index contributed by atoms with van der Waals surface area (Å²) in [6, 6.07) is 11.1. The number of rotatable bonds is 13. The Balaban J connectivity index is 1.51. The second-order valence-electron chi connectivity index (χ2n) is 10.1. The Kier molecular flexibility index (Phi) is 10.2. The van der Waals surface area contributed by atoms with Crippen LogP contribution in [0.15, 0.2) is 42.6 Å². The average Bonchev–Trinajstić information content (AvgIpc) is 3.25. The van der Waals surface area contributed by atoms with E-state index in [-0.39, 0.29) is 12.3 Å². The minimum absolute atomic E-state index is 0.0391. The molecule has 1 aromatic heterocycles. The fourth-order valence-electron chi connectivity index (χ4n) is 3.96. The smallest absolute Gasteiger partial charge is 0.340 e. The number of aromatic nitrogens is 1. The molecule has 0 atom stereocenters. The Morgan fingerprint density at radius 3 is 2.34 bits per heavy atom. The lowest BCUT2D eigenvalue weighted by molar-refractivity contribution is -0.137. The highest BCUT2D eigenvalue weighted by atomic mass is 35.5. The second-order valence-corrected chi connectivity index (χ2v) is 10.5. The van der Waals surface area contributed by atoms with Crippen molar-refractivity contribution in [1.82, 2.24) is 10.3 Å². The van der Waals surface area contributed by atoms with Gasteiger partial charge in [0.15, 0.2) is 0 Å². The Morgan fingerprint density at radius 2 is 1.68 bits per heavy atom. The monoisotopic (exact) mass is 542 g/mol. The minimum Gasteiger partial charge on any atom is -0.492 e. The van der Waals surface area contributed by atoms with Crippen LogP contribution in [0.3, 0.4) is 0 Å². The van der Waals surface area contributed by atoms with Crippen LogP contribution < -0.4 is 10.1 Å². The van der Waals surface area contributed by atoms with Crippen LogP contribution in [0.25, 0.3) is 22.0 Å². The molecule has 0 saturated heterocycles. The molecule has 0 aliphatic carbocycles. The maximum atomic E-state index is 12.7. The first-order valence-corrected chi connectivity index (χ1v) is 13.2. The molecule has 0 aliphatic heterocycles. The van der Waals surface area contributed by atoms with Gasteiger partial charge < -0.3 is 24.9 Å². The molecule has 3 N–H and O–H groups in total. The number of hydrogen-bond acceptors (Lipinski definition) is 5. The zero-order chi connectivity index (χ0) is 27.7. The summed E-state index contributed by atoms with van der Waals surface area (Å²) < 4.78 is 11.3. The number of esters is 1. The molecule has 8 nitrogen and oxygen atoms in total. The lowest BCUT2D eigenvalue weighted by atomic mass is 10.0. The number of unbranched alkanes of at least 4 members (excludes halogenated alkanes) is 3. The number of aliphatic carboxylic acids is 1. The van der Waals surface area contributed by atoms with Gasteiger partial charge in [0.2, 0.25) is 5.91 Å². The van der Waals surface area contributed by atoms with Crippen LogP contribution in [0.1, 0.15) is 69.7 Å². The fraction of sp³-hybridized carbons (Fsp3) is 0.414. The van der Waals surface area contributed by atoms with Crippen molar-refractivity contribution in [3.8, 4) is 16.9 Å². The zero-order valence-electron chi connectivity index (χ0n) is 22.1. The number of fused-ring (bicyclic) bond motifs is 1. The molecule has 3 rings (SSSR count). The molecular weight excluding hydrogens is 508 g/mol. The Bertz CT molecular complexity index is 1260. The predicted octanol–water partition coefficient (Wildman–Crippen LogP) is 6.36. The Hall–Kier alpha value is -3.52. The second kappa shape index (κ2) is 13.3. The van der Waals surface area contributed by atoms with Crippen LogP contribution in [-0.2, 0) is 14.3 Å². The summed E-state index contributed by atoms with van der Waals surface area (Å²) in [5.41, 5.74) is 2.26. The van der Waals surface area contributed by atoms with Crippen LogP contribution >= 0.6 is 11.6 Å². The molecule has 204 valence electrons. The summed E-state index contributed by atoms with van der Waals surface area (Å²) in [7, 11) is 0. The number of carboxylic acid groups (broad SMARTS) is 1. The van der Waals surface area contributed by atoms with Crippen molar-refractivity contribution in [3.05, 3.63) is 53.2 Å². The number of halogens is 1. The van der Waals surface area contributed by atoms with Gasteiger partial charge >= 0.3 is 11.9 Å². The van der Waals surface area contributed by atoms with Crippen molar-refractivity contribution in [3.63, 3.8) is 0 Å². The third kappa shape index (κ3) is 8.80. The lowest BCUT2D eigenvalue weighted by Gasteiger charge is -2.19. The van der Waals surface area contributed by atoms with Crippen LogP contribution in [0.2, 0.25) is 5.02 Å². The fourth-order valence-corrected chi connectivity index (χ4v) is 4.23. The molecule has 2 aromatic carbocycles. The molecule has 0 bridgehead atoms. The van der Waals surface area contributed by atoms with Gasteiger partial charge in [0.25, 0.3) is 0 Å². The van der Waals surface area contributed by atoms with Gasteiger partial charge in [0.1, 0.15) is 18.0 Å². The number of carbonyl (C=O) groups is 3. The number of carboxylic acids is 1. The van der Waals surface area contributed by atoms with Crippen molar-refractivity contribution < 1.29 is 29.0 Å². The molecule has 1 amide bonds. The molecule has 0 unspecified atom stereocenters. The summed E-state index contributed by atoms with van der Waals surface area (Å²) in [5, 5.41) is 12.7. The van der Waals surface area contributed by atoms with E-state index in [1.54, 1.807) is 12.3 Å². The third-order valence-corrected chi connectivity index (χ3v) is 6.10. The minimum atomic E-state index is -0.784. The van der Waals surface area contributed by atoms with Gasteiger partial charge in [-0.3, -0.25) is 9.59 Å². The first-order valence-electron chi connectivity index (χ1n) is 12.8. The number of amides is 1. The molecule has 0 saturated carbocycles. The SMILES string of the molecule is CC(C)(C)OC(=O)c1c[nH]c2cc(Cl)c(-c3ccc(OCCNC(=O)CCCCCCC(=O)O)cc3)cc12. The van der Waals surface area contributed by atoms with Crippen molar-refractivity contribution in [1.29, 1.82) is 0 Å². The van der Waals surface area contributed by atoms with Crippen molar-refractivity contribution in [2.75, 3.05) is 13.2 Å². The molecule has 0 spiro atoms. The first kappa shape index (κ1) is 29.0. The van der Waals surface area contributed by atoms with Gasteiger partial charge in [0.05, 0.1) is 17.1 Å². The zero-order valence-corrected chi connectivity index (χ0v) is 22.8. The van der Waals surface area contributed by atoms with E-state index in [2.05, 4.69) is 10.3 Å². The van der Waals surface area contributed by atoms with Gasteiger partial charge in [-0.15, -0.1) is 0 Å². The Labute approximate surface area is 227 Å². The number of benzene rings is 2. The van der Waals surface area contributed by atoms with Gasteiger partial charge in [0, 0.05) is 35.5 Å². The quantitative estimate of drug-likeness (QED) is 0.171. The van der Waals surface area contributed by atoms with Gasteiger partial charge in [-0.2, -0.15) is 0 Å². The van der Waals surface area contributed by atoms with Crippen LogP contribution in [0.5, 0.6) is 5.75 Å². The first-order chi connectivity index (χ1) is 18.0.